The highest BCUT2D eigenvalue weighted by atomic mass is 32.2. The number of rotatable bonds is 5. The number of aliphatic imine (C=N–C) groups is 1. The van der Waals surface area contributed by atoms with Crippen LogP contribution >= 0.6 is 0 Å². The van der Waals surface area contributed by atoms with Crippen molar-refractivity contribution in [3.05, 3.63) is 60.8 Å². The topological polar surface area (TPSA) is 132 Å². The summed E-state index contributed by atoms with van der Waals surface area (Å²) >= 11 is 0. The molecule has 3 heterocycles. The molecular formula is C20H14F3N7O2S. The molecule has 0 fully saturated rings. The molecule has 4 rings (SSSR count). The smallest absolute Gasteiger partial charge is 0.403 e. The summed E-state index contributed by atoms with van der Waals surface area (Å²) < 4.78 is 69.3. The van der Waals surface area contributed by atoms with Gasteiger partial charge in [0, 0.05) is 24.0 Å². The van der Waals surface area contributed by atoms with Crippen LogP contribution < -0.4 is 5.73 Å². The fraction of sp³-hybridized carbons (Fsp3) is 0.100. The van der Waals surface area contributed by atoms with Crippen LogP contribution in [0.25, 0.3) is 27.8 Å². The van der Waals surface area contributed by atoms with Crippen molar-refractivity contribution in [3.63, 3.8) is 0 Å². The number of alkyl halides is 3. The lowest BCUT2D eigenvalue weighted by Gasteiger charge is -2.12. The van der Waals surface area contributed by atoms with Crippen molar-refractivity contribution in [3.8, 4) is 6.07 Å². The van der Waals surface area contributed by atoms with E-state index in [9.17, 15) is 21.6 Å². The minimum absolute atomic E-state index is 0.0138. The number of pyridine rings is 1. The molecule has 0 aliphatic carbocycles. The number of fused-ring (bicyclic) bond motifs is 3. The number of aromatic nitrogens is 4. The Labute approximate surface area is 185 Å². The van der Waals surface area contributed by atoms with Crippen LogP contribution in [0, 0.1) is 11.3 Å². The molecule has 0 bridgehead atoms. The number of hydrogen-bond acceptors (Lipinski definition) is 7. The van der Waals surface area contributed by atoms with E-state index in [1.165, 1.54) is 24.4 Å². The molecule has 0 aliphatic rings. The van der Waals surface area contributed by atoms with Crippen LogP contribution in [0.1, 0.15) is 5.82 Å². The average Bonchev–Trinajstić information content (AvgIpc) is 3.39. The molecule has 1 aromatic carbocycles. The molecule has 0 spiro atoms. The van der Waals surface area contributed by atoms with E-state index in [2.05, 4.69) is 15.0 Å². The van der Waals surface area contributed by atoms with Gasteiger partial charge in [-0.3, -0.25) is 9.56 Å². The zero-order valence-corrected chi connectivity index (χ0v) is 17.4. The van der Waals surface area contributed by atoms with Crippen molar-refractivity contribution in [1.29, 1.82) is 5.26 Å². The Bertz CT molecular complexity index is 1560. The van der Waals surface area contributed by atoms with Gasteiger partial charge in [-0.2, -0.15) is 18.4 Å². The normalized spacial score (nSPS) is 13.2. The van der Waals surface area contributed by atoms with Gasteiger partial charge in [-0.25, -0.2) is 22.4 Å². The van der Waals surface area contributed by atoms with Crippen LogP contribution in [-0.4, -0.2) is 39.7 Å². The summed E-state index contributed by atoms with van der Waals surface area (Å²) in [6.45, 7) is -0.298. The Kier molecular flexibility index (Phi) is 5.38. The molecule has 0 aliphatic heterocycles. The Morgan fingerprint density at radius 3 is 2.61 bits per heavy atom. The van der Waals surface area contributed by atoms with E-state index in [0.717, 1.165) is 27.2 Å². The minimum Gasteiger partial charge on any atom is -0.403 e. The van der Waals surface area contributed by atoms with Gasteiger partial charge in [0.15, 0.2) is 5.65 Å². The second-order valence-electron chi connectivity index (χ2n) is 6.65. The third-order valence-corrected chi connectivity index (χ3v) is 6.34. The number of hydrogen-bond donors (Lipinski definition) is 1. The predicted octanol–water partition coefficient (Wildman–Crippen LogP) is 2.99. The predicted molar refractivity (Wildman–Crippen MR) is 114 cm³/mol. The summed E-state index contributed by atoms with van der Waals surface area (Å²) in [4.78, 5) is 11.5. The fourth-order valence-corrected chi connectivity index (χ4v) is 4.64. The van der Waals surface area contributed by atoms with Crippen LogP contribution in [0.5, 0.6) is 0 Å². The Balaban J connectivity index is 2.05. The lowest BCUT2D eigenvalue weighted by molar-refractivity contribution is -0.145. The summed E-state index contributed by atoms with van der Waals surface area (Å²) in [5, 5.41) is 8.77. The highest BCUT2D eigenvalue weighted by Gasteiger charge is 2.39. The summed E-state index contributed by atoms with van der Waals surface area (Å²) in [6, 6.07) is 10.6. The van der Waals surface area contributed by atoms with Gasteiger partial charge in [0.05, 0.1) is 28.4 Å². The molecule has 0 unspecified atom stereocenters. The van der Waals surface area contributed by atoms with E-state index in [0.29, 0.717) is 0 Å². The molecule has 0 radical (unpaired) electrons. The molecule has 0 saturated heterocycles. The molecular weight excluding hydrogens is 459 g/mol. The molecule has 4 aromatic rings. The first-order valence-electron chi connectivity index (χ1n) is 9.25. The number of nitrogens with zero attached hydrogens (tertiary/aromatic N) is 6. The first kappa shape index (κ1) is 22.0. The molecule has 0 amide bonds. The SMILES string of the molecule is N#CCN=CC(=CN)n1c(C(F)(F)F)nc2cnc3c(ccn3S(=O)(=O)c3ccccc3)c21. The van der Waals surface area contributed by atoms with Gasteiger partial charge >= 0.3 is 6.18 Å². The van der Waals surface area contributed by atoms with Crippen molar-refractivity contribution in [2.24, 2.45) is 10.7 Å². The van der Waals surface area contributed by atoms with E-state index in [1.807, 2.05) is 0 Å². The molecule has 13 heteroatoms. The van der Waals surface area contributed by atoms with Gasteiger partial charge < -0.3 is 5.73 Å². The first-order valence-corrected chi connectivity index (χ1v) is 10.7. The number of allylic oxidation sites excluding steroid dienone is 1. The Morgan fingerprint density at radius 2 is 1.97 bits per heavy atom. The largest absolute Gasteiger partial charge is 0.450 e. The molecule has 3 aromatic heterocycles. The third kappa shape index (κ3) is 3.70. The fourth-order valence-electron chi connectivity index (χ4n) is 3.32. The highest BCUT2D eigenvalue weighted by Crippen LogP contribution is 2.36. The van der Waals surface area contributed by atoms with E-state index in [1.54, 1.807) is 24.3 Å². The van der Waals surface area contributed by atoms with E-state index in [4.69, 9.17) is 11.0 Å². The van der Waals surface area contributed by atoms with Gasteiger partial charge in [-0.1, -0.05) is 18.2 Å². The maximum atomic E-state index is 13.8. The van der Waals surface area contributed by atoms with E-state index in [-0.39, 0.29) is 39.2 Å². The van der Waals surface area contributed by atoms with Gasteiger partial charge in [-0.15, -0.1) is 0 Å². The van der Waals surface area contributed by atoms with Gasteiger partial charge in [0.25, 0.3) is 10.0 Å². The van der Waals surface area contributed by atoms with E-state index >= 15 is 0 Å². The van der Waals surface area contributed by atoms with Crippen LogP contribution in [-0.2, 0) is 16.2 Å². The van der Waals surface area contributed by atoms with Crippen LogP contribution in [0.3, 0.4) is 0 Å². The number of nitrogens with two attached hydrogens (primary N) is 1. The Morgan fingerprint density at radius 1 is 1.24 bits per heavy atom. The number of nitriles is 1. The van der Waals surface area contributed by atoms with Crippen molar-refractivity contribution < 1.29 is 21.6 Å². The monoisotopic (exact) mass is 473 g/mol. The summed E-state index contributed by atoms with van der Waals surface area (Å²) in [7, 11) is -4.07. The van der Waals surface area contributed by atoms with Gasteiger partial charge in [-0.05, 0) is 18.2 Å². The number of benzene rings is 1. The lowest BCUT2D eigenvalue weighted by atomic mass is 10.3. The van der Waals surface area contributed by atoms with Crippen LogP contribution in [0.4, 0.5) is 13.2 Å². The number of halogens is 3. The highest BCUT2D eigenvalue weighted by molar-refractivity contribution is 7.90. The number of imidazole rings is 1. The maximum absolute atomic E-state index is 13.8. The van der Waals surface area contributed by atoms with Gasteiger partial charge in [0.2, 0.25) is 5.82 Å². The van der Waals surface area contributed by atoms with Crippen molar-refractivity contribution in [2.75, 3.05) is 6.54 Å². The zero-order chi connectivity index (χ0) is 23.8. The van der Waals surface area contributed by atoms with Gasteiger partial charge in [0.1, 0.15) is 12.1 Å². The molecule has 0 atom stereocenters. The molecule has 9 nitrogen and oxygen atoms in total. The molecule has 2 N–H and O–H groups in total. The third-order valence-electron chi connectivity index (χ3n) is 4.66. The Hall–Kier alpha value is -4.18. The zero-order valence-electron chi connectivity index (χ0n) is 16.6. The minimum atomic E-state index is -4.87. The lowest BCUT2D eigenvalue weighted by Crippen LogP contribution is -2.16. The quantitative estimate of drug-likeness (QED) is 0.350. The van der Waals surface area contributed by atoms with Crippen molar-refractivity contribution in [2.45, 2.75) is 11.1 Å². The second-order valence-corrected chi connectivity index (χ2v) is 8.46. The summed E-state index contributed by atoms with van der Waals surface area (Å²) in [5.41, 5.74) is 5.09. The second kappa shape index (κ2) is 8.06. The summed E-state index contributed by atoms with van der Waals surface area (Å²) in [6.07, 6.45) is -0.702. The first-order chi connectivity index (χ1) is 15.7. The average molecular weight is 473 g/mol. The van der Waals surface area contributed by atoms with Crippen molar-refractivity contribution >= 4 is 44.0 Å². The van der Waals surface area contributed by atoms with E-state index < -0.39 is 22.0 Å². The molecule has 33 heavy (non-hydrogen) atoms. The molecule has 168 valence electrons. The summed E-state index contributed by atoms with van der Waals surface area (Å²) in [5.74, 6) is -1.30. The maximum Gasteiger partial charge on any atom is 0.450 e. The molecule has 0 saturated carbocycles. The standard InChI is InChI=1S/C20H14F3N7O2S/c21-20(22,23)19-28-16-12-27-18-15(17(16)30(19)13(10-25)11-26-8-7-24)6-9-29(18)33(31,32)14-4-2-1-3-5-14/h1-6,9-12H,8,25H2. The van der Waals surface area contributed by atoms with Crippen LogP contribution in [0.2, 0.25) is 0 Å². The van der Waals surface area contributed by atoms with Crippen LogP contribution in [0.15, 0.2) is 64.9 Å². The van der Waals surface area contributed by atoms with Crippen molar-refractivity contribution in [1.82, 2.24) is 18.5 Å².